The summed E-state index contributed by atoms with van der Waals surface area (Å²) in [6, 6.07) is 21.7. The summed E-state index contributed by atoms with van der Waals surface area (Å²) >= 11 is 2.19. The van der Waals surface area contributed by atoms with Crippen LogP contribution in [-0.2, 0) is 32.2 Å². The van der Waals surface area contributed by atoms with E-state index in [2.05, 4.69) is 22.6 Å². The molecule has 0 aliphatic carbocycles. The molecule has 1 aliphatic rings. The number of nitrogens with zero attached hydrogens (tertiary/aromatic N) is 3. The van der Waals surface area contributed by atoms with E-state index in [0.29, 0.717) is 35.6 Å². The third kappa shape index (κ3) is 7.52. The second-order valence-electron chi connectivity index (χ2n) is 9.52. The van der Waals surface area contributed by atoms with Crippen LogP contribution in [0, 0.1) is 13.7 Å². The van der Waals surface area contributed by atoms with Gasteiger partial charge < -0.3 is 24.0 Å². The summed E-state index contributed by atoms with van der Waals surface area (Å²) in [5, 5.41) is 11.9. The molecule has 1 aliphatic heterocycles. The van der Waals surface area contributed by atoms with Gasteiger partial charge in [0.05, 0.1) is 42.5 Å². The van der Waals surface area contributed by atoms with Gasteiger partial charge in [-0.15, -0.1) is 0 Å². The van der Waals surface area contributed by atoms with Crippen LogP contribution < -0.4 is 4.90 Å². The van der Waals surface area contributed by atoms with Crippen LogP contribution in [0.15, 0.2) is 78.4 Å². The first kappa shape index (κ1) is 31.1. The Bertz CT molecular complexity index is 1460. The molecule has 2 amide bonds. The van der Waals surface area contributed by atoms with E-state index in [1.165, 1.54) is 11.0 Å². The average Bonchev–Trinajstić information content (AvgIpc) is 3.01. The van der Waals surface area contributed by atoms with E-state index in [9.17, 15) is 19.7 Å². The Morgan fingerprint density at radius 2 is 1.71 bits per heavy atom. The van der Waals surface area contributed by atoms with Gasteiger partial charge in [-0.05, 0) is 64.8 Å². The van der Waals surface area contributed by atoms with Crippen molar-refractivity contribution in [1.82, 2.24) is 4.90 Å². The first-order valence-electron chi connectivity index (χ1n) is 13.4. The number of carbonyl (C=O) groups is 2. The summed E-state index contributed by atoms with van der Waals surface area (Å²) in [6.45, 7) is 3.04. The lowest BCUT2D eigenvalue weighted by Crippen LogP contribution is -2.40. The Labute approximate surface area is 258 Å². The largest absolute Gasteiger partial charge is 0.450 e. The van der Waals surface area contributed by atoms with Crippen LogP contribution in [0.25, 0.3) is 5.57 Å². The molecule has 0 unspecified atom stereocenters. The summed E-state index contributed by atoms with van der Waals surface area (Å²) in [7, 11) is 1.68. The number of amides is 2. The number of halogens is 1. The second-order valence-corrected chi connectivity index (χ2v) is 10.6. The fourth-order valence-electron chi connectivity index (χ4n) is 4.70. The van der Waals surface area contributed by atoms with Gasteiger partial charge in [0.25, 0.3) is 11.6 Å². The van der Waals surface area contributed by atoms with Crippen LogP contribution >= 0.6 is 22.6 Å². The number of anilines is 1. The highest BCUT2D eigenvalue weighted by Crippen LogP contribution is 2.35. The van der Waals surface area contributed by atoms with Gasteiger partial charge in [-0.3, -0.25) is 14.9 Å². The molecule has 0 radical (unpaired) electrons. The smallest absolute Gasteiger partial charge is 0.410 e. The molecule has 220 valence electrons. The maximum absolute atomic E-state index is 14.0. The fourth-order valence-corrected chi connectivity index (χ4v) is 5.58. The van der Waals surface area contributed by atoms with Crippen molar-refractivity contribution >= 4 is 51.5 Å². The van der Waals surface area contributed by atoms with Crippen molar-refractivity contribution in [3.05, 3.63) is 109 Å². The number of nitro benzene ring substituents is 1. The molecular formula is C31H32IN3O7. The molecule has 42 heavy (non-hydrogen) atoms. The number of ether oxygens (including phenoxy) is 3. The Hall–Kier alpha value is -3.81. The number of hydrogen-bond acceptors (Lipinski definition) is 7. The third-order valence-electron chi connectivity index (χ3n) is 6.82. The van der Waals surface area contributed by atoms with Gasteiger partial charge in [-0.25, -0.2) is 4.79 Å². The number of likely N-dealkylation sites (N-methyl/N-ethyl adjacent to an activating group) is 1. The van der Waals surface area contributed by atoms with Crippen LogP contribution in [0.3, 0.4) is 0 Å². The SMILES string of the molecule is CCOC(=O)N1CCC(C(=O)N(C)c2cccc(COCOCc3ccccc3)c2I)=C(c2ccccc2[N+](=O)[O-])C1. The summed E-state index contributed by atoms with van der Waals surface area (Å²) in [4.78, 5) is 40.9. The minimum absolute atomic E-state index is 0.0204. The Morgan fingerprint density at radius 3 is 2.45 bits per heavy atom. The van der Waals surface area contributed by atoms with E-state index in [0.717, 1.165) is 14.7 Å². The van der Waals surface area contributed by atoms with Gasteiger partial charge >= 0.3 is 6.09 Å². The summed E-state index contributed by atoms with van der Waals surface area (Å²) in [5.74, 6) is -0.297. The maximum atomic E-state index is 14.0. The highest BCUT2D eigenvalue weighted by molar-refractivity contribution is 14.1. The lowest BCUT2D eigenvalue weighted by molar-refractivity contribution is -0.385. The standard InChI is InChI=1S/C31H32IN3O7/c1-3-42-31(37)34-17-16-25(26(18-34)24-13-7-8-14-27(24)35(38)39)30(36)33(2)28-15-9-12-23(29(28)32)20-41-21-40-19-22-10-5-4-6-11-22/h4-15H,3,16-21H2,1-2H3. The van der Waals surface area contributed by atoms with Gasteiger partial charge in [-0.1, -0.05) is 54.6 Å². The van der Waals surface area contributed by atoms with Gasteiger partial charge in [0, 0.05) is 28.8 Å². The lowest BCUT2D eigenvalue weighted by Gasteiger charge is -2.31. The Morgan fingerprint density at radius 1 is 1.00 bits per heavy atom. The van der Waals surface area contributed by atoms with Crippen molar-refractivity contribution in [3.63, 3.8) is 0 Å². The molecule has 3 aromatic rings. The summed E-state index contributed by atoms with van der Waals surface area (Å²) < 4.78 is 17.4. The molecule has 0 N–H and O–H groups in total. The van der Waals surface area contributed by atoms with Crippen LogP contribution in [0.4, 0.5) is 16.2 Å². The lowest BCUT2D eigenvalue weighted by atomic mass is 9.92. The highest BCUT2D eigenvalue weighted by Gasteiger charge is 2.32. The molecular weight excluding hydrogens is 653 g/mol. The van der Waals surface area contributed by atoms with E-state index in [1.807, 2.05) is 48.5 Å². The van der Waals surface area contributed by atoms with Crippen molar-refractivity contribution in [3.8, 4) is 0 Å². The van der Waals surface area contributed by atoms with E-state index in [4.69, 9.17) is 14.2 Å². The number of carbonyl (C=O) groups excluding carboxylic acids is 2. The normalized spacial score (nSPS) is 13.2. The minimum Gasteiger partial charge on any atom is -0.450 e. The first-order valence-corrected chi connectivity index (χ1v) is 14.5. The molecule has 0 aromatic heterocycles. The van der Waals surface area contributed by atoms with Gasteiger partial charge in [0.1, 0.15) is 6.79 Å². The van der Waals surface area contributed by atoms with E-state index < -0.39 is 11.0 Å². The van der Waals surface area contributed by atoms with Crippen molar-refractivity contribution in [2.24, 2.45) is 0 Å². The zero-order chi connectivity index (χ0) is 30.1. The molecule has 11 heteroatoms. The van der Waals surface area contributed by atoms with Crippen LogP contribution in [0.2, 0.25) is 0 Å². The van der Waals surface area contributed by atoms with E-state index in [-0.39, 0.29) is 44.5 Å². The molecule has 0 saturated carbocycles. The first-order chi connectivity index (χ1) is 20.3. The van der Waals surface area contributed by atoms with Gasteiger partial charge in [0.2, 0.25) is 0 Å². The van der Waals surface area contributed by atoms with Crippen molar-refractivity contribution in [1.29, 1.82) is 0 Å². The molecule has 0 atom stereocenters. The average molecular weight is 686 g/mol. The number of para-hydroxylation sites is 1. The summed E-state index contributed by atoms with van der Waals surface area (Å²) in [6.07, 6.45) is -0.301. The molecule has 1 heterocycles. The van der Waals surface area contributed by atoms with Crippen LogP contribution in [-0.4, -0.2) is 55.4 Å². The molecule has 0 saturated heterocycles. The van der Waals surface area contributed by atoms with Crippen LogP contribution in [0.1, 0.15) is 30.0 Å². The Kier molecular flexibility index (Phi) is 11.0. The molecule has 10 nitrogen and oxygen atoms in total. The fraction of sp³-hybridized carbons (Fsp3) is 0.290. The molecule has 0 fully saturated rings. The number of rotatable bonds is 11. The van der Waals surface area contributed by atoms with Gasteiger partial charge in [-0.2, -0.15) is 0 Å². The van der Waals surface area contributed by atoms with E-state index in [1.54, 1.807) is 37.1 Å². The summed E-state index contributed by atoms with van der Waals surface area (Å²) in [5.41, 5.74) is 3.65. The van der Waals surface area contributed by atoms with Crippen molar-refractivity contribution in [2.75, 3.05) is 38.4 Å². The van der Waals surface area contributed by atoms with Gasteiger partial charge in [0.15, 0.2) is 0 Å². The third-order valence-corrected chi connectivity index (χ3v) is 8.06. The van der Waals surface area contributed by atoms with Crippen molar-refractivity contribution in [2.45, 2.75) is 26.6 Å². The van der Waals surface area contributed by atoms with E-state index >= 15 is 0 Å². The maximum Gasteiger partial charge on any atom is 0.410 e. The number of nitro groups is 1. The Balaban J connectivity index is 1.55. The zero-order valence-electron chi connectivity index (χ0n) is 23.5. The number of benzene rings is 3. The zero-order valence-corrected chi connectivity index (χ0v) is 25.6. The second kappa shape index (κ2) is 14.9. The monoisotopic (exact) mass is 685 g/mol. The van der Waals surface area contributed by atoms with Crippen molar-refractivity contribution < 1.29 is 28.7 Å². The van der Waals surface area contributed by atoms with Crippen LogP contribution in [0.5, 0.6) is 0 Å². The topological polar surface area (TPSA) is 111 Å². The molecule has 0 bridgehead atoms. The predicted octanol–water partition coefficient (Wildman–Crippen LogP) is 6.17. The quantitative estimate of drug-likeness (QED) is 0.0781. The molecule has 3 aromatic carbocycles. The number of hydrogen-bond donors (Lipinski definition) is 0. The minimum atomic E-state index is -0.525. The predicted molar refractivity (Wildman–Crippen MR) is 167 cm³/mol. The highest BCUT2D eigenvalue weighted by atomic mass is 127. The molecule has 4 rings (SSSR count). The molecule has 0 spiro atoms.